The van der Waals surface area contributed by atoms with Gasteiger partial charge in [-0.25, -0.2) is 4.39 Å². The van der Waals surface area contributed by atoms with Gasteiger partial charge in [0.25, 0.3) is 0 Å². The second kappa shape index (κ2) is 3.05. The largest absolute Gasteiger partial charge is 0.382 e. The average Bonchev–Trinajstić information content (AvgIpc) is 2.05. The number of nitrogens with one attached hydrogen (secondary N) is 1. The fourth-order valence-corrected chi connectivity index (χ4v) is 1.78. The minimum absolute atomic E-state index is 0.434. The van der Waals surface area contributed by atoms with E-state index in [0.29, 0.717) is 13.0 Å². The highest BCUT2D eigenvalue weighted by Gasteiger charge is 2.16. The Morgan fingerprint density at radius 1 is 1.50 bits per heavy atom. The highest BCUT2D eigenvalue weighted by Crippen LogP contribution is 2.26. The van der Waals surface area contributed by atoms with Crippen LogP contribution >= 0.6 is 15.9 Å². The van der Waals surface area contributed by atoms with Gasteiger partial charge in [0.1, 0.15) is 6.17 Å². The lowest BCUT2D eigenvalue weighted by Crippen LogP contribution is -2.23. The maximum absolute atomic E-state index is 12.9. The Labute approximate surface area is 79.1 Å². The van der Waals surface area contributed by atoms with Crippen LogP contribution in [0.4, 0.5) is 10.1 Å². The van der Waals surface area contributed by atoms with Gasteiger partial charge in [0, 0.05) is 23.1 Å². The van der Waals surface area contributed by atoms with Gasteiger partial charge in [-0.05, 0) is 17.7 Å². The van der Waals surface area contributed by atoms with Crippen molar-refractivity contribution in [2.45, 2.75) is 12.6 Å². The molecule has 2 rings (SSSR count). The third-order valence-corrected chi connectivity index (χ3v) is 2.52. The normalized spacial score (nSPS) is 21.3. The van der Waals surface area contributed by atoms with Crippen molar-refractivity contribution >= 4 is 21.6 Å². The zero-order valence-corrected chi connectivity index (χ0v) is 8.07. The second-order valence-corrected chi connectivity index (χ2v) is 3.90. The molecule has 1 aromatic carbocycles. The molecule has 0 aliphatic carbocycles. The lowest BCUT2D eigenvalue weighted by molar-refractivity contribution is 0.342. The Balaban J connectivity index is 2.37. The molecule has 12 heavy (non-hydrogen) atoms. The molecule has 1 unspecified atom stereocenters. The molecule has 0 bridgehead atoms. The van der Waals surface area contributed by atoms with Crippen molar-refractivity contribution < 1.29 is 4.39 Å². The van der Waals surface area contributed by atoms with Crippen LogP contribution in [0.5, 0.6) is 0 Å². The maximum Gasteiger partial charge on any atom is 0.121 e. The van der Waals surface area contributed by atoms with E-state index in [1.165, 1.54) is 0 Å². The molecular formula is C9H9BrFN. The van der Waals surface area contributed by atoms with Crippen molar-refractivity contribution in [1.29, 1.82) is 0 Å². The van der Waals surface area contributed by atoms with Gasteiger partial charge in [0.2, 0.25) is 0 Å². The molecule has 0 radical (unpaired) electrons. The van der Waals surface area contributed by atoms with Crippen molar-refractivity contribution in [2.24, 2.45) is 0 Å². The first-order valence-electron chi connectivity index (χ1n) is 3.92. The van der Waals surface area contributed by atoms with E-state index in [2.05, 4.69) is 21.2 Å². The third kappa shape index (κ3) is 1.46. The molecular weight excluding hydrogens is 221 g/mol. The number of anilines is 1. The van der Waals surface area contributed by atoms with Gasteiger partial charge in [0.05, 0.1) is 0 Å². The Hall–Kier alpha value is -0.570. The monoisotopic (exact) mass is 229 g/mol. The second-order valence-electron chi connectivity index (χ2n) is 2.98. The summed E-state index contributed by atoms with van der Waals surface area (Å²) in [5.41, 5.74) is 2.12. The SMILES string of the molecule is FC1CNc2cc(Br)ccc2C1. The Morgan fingerprint density at radius 2 is 2.33 bits per heavy atom. The molecule has 1 heterocycles. The van der Waals surface area contributed by atoms with E-state index in [4.69, 9.17) is 0 Å². The van der Waals surface area contributed by atoms with Crippen molar-refractivity contribution in [3.63, 3.8) is 0 Å². The number of benzene rings is 1. The van der Waals surface area contributed by atoms with Crippen LogP contribution in [0, 0.1) is 0 Å². The molecule has 3 heteroatoms. The van der Waals surface area contributed by atoms with Crippen LogP contribution in [0.3, 0.4) is 0 Å². The number of halogens is 2. The highest BCUT2D eigenvalue weighted by molar-refractivity contribution is 9.10. The summed E-state index contributed by atoms with van der Waals surface area (Å²) in [7, 11) is 0. The molecule has 0 saturated heterocycles. The number of alkyl halides is 1. The molecule has 1 aromatic rings. The summed E-state index contributed by atoms with van der Waals surface area (Å²) in [5, 5.41) is 3.05. The zero-order chi connectivity index (χ0) is 8.55. The van der Waals surface area contributed by atoms with Crippen LogP contribution < -0.4 is 5.32 Å². The van der Waals surface area contributed by atoms with Crippen molar-refractivity contribution in [1.82, 2.24) is 0 Å². The van der Waals surface area contributed by atoms with Crippen LogP contribution in [-0.2, 0) is 6.42 Å². The molecule has 1 nitrogen and oxygen atoms in total. The van der Waals surface area contributed by atoms with Gasteiger partial charge in [-0.15, -0.1) is 0 Å². The lowest BCUT2D eigenvalue weighted by atomic mass is 10.0. The molecule has 1 aliphatic rings. The van der Waals surface area contributed by atoms with Crippen LogP contribution in [0.15, 0.2) is 22.7 Å². The predicted molar refractivity (Wildman–Crippen MR) is 51.2 cm³/mol. The summed E-state index contributed by atoms with van der Waals surface area (Å²) in [6.45, 7) is 0.434. The first-order chi connectivity index (χ1) is 5.75. The van der Waals surface area contributed by atoms with E-state index in [9.17, 15) is 4.39 Å². The number of rotatable bonds is 0. The molecule has 0 spiro atoms. The minimum Gasteiger partial charge on any atom is -0.382 e. The van der Waals surface area contributed by atoms with Crippen molar-refractivity contribution in [3.8, 4) is 0 Å². The average molecular weight is 230 g/mol. The zero-order valence-electron chi connectivity index (χ0n) is 6.48. The van der Waals surface area contributed by atoms with Gasteiger partial charge in [-0.2, -0.15) is 0 Å². The number of hydrogen-bond donors (Lipinski definition) is 1. The van der Waals surface area contributed by atoms with Gasteiger partial charge < -0.3 is 5.32 Å². The van der Waals surface area contributed by atoms with Crippen molar-refractivity contribution in [2.75, 3.05) is 11.9 Å². The van der Waals surface area contributed by atoms with Crippen molar-refractivity contribution in [3.05, 3.63) is 28.2 Å². The third-order valence-electron chi connectivity index (χ3n) is 2.03. The van der Waals surface area contributed by atoms with E-state index >= 15 is 0 Å². The molecule has 0 amide bonds. The maximum atomic E-state index is 12.9. The van der Waals surface area contributed by atoms with E-state index in [0.717, 1.165) is 15.7 Å². The van der Waals surface area contributed by atoms with Gasteiger partial charge in [0.15, 0.2) is 0 Å². The first-order valence-corrected chi connectivity index (χ1v) is 4.71. The van der Waals surface area contributed by atoms with Crippen LogP contribution in [0.25, 0.3) is 0 Å². The van der Waals surface area contributed by atoms with E-state index in [-0.39, 0.29) is 0 Å². The summed E-state index contributed by atoms with van der Waals surface area (Å²) in [5.74, 6) is 0. The summed E-state index contributed by atoms with van der Waals surface area (Å²) < 4.78 is 13.9. The van der Waals surface area contributed by atoms with Crippen LogP contribution in [0.2, 0.25) is 0 Å². The smallest absolute Gasteiger partial charge is 0.121 e. The van der Waals surface area contributed by atoms with Gasteiger partial charge >= 0.3 is 0 Å². The van der Waals surface area contributed by atoms with E-state index in [1.807, 2.05) is 18.2 Å². The molecule has 1 N–H and O–H groups in total. The molecule has 64 valence electrons. The molecule has 1 aliphatic heterocycles. The Bertz CT molecular complexity index is 301. The predicted octanol–water partition coefficient (Wildman–Crippen LogP) is 2.76. The topological polar surface area (TPSA) is 12.0 Å². The van der Waals surface area contributed by atoms with Gasteiger partial charge in [-0.1, -0.05) is 22.0 Å². The van der Waals surface area contributed by atoms with E-state index in [1.54, 1.807) is 0 Å². The summed E-state index contributed by atoms with van der Waals surface area (Å²) in [6, 6.07) is 5.89. The fraction of sp³-hybridized carbons (Fsp3) is 0.333. The van der Waals surface area contributed by atoms with Gasteiger partial charge in [-0.3, -0.25) is 0 Å². The minimum atomic E-state index is -0.737. The Morgan fingerprint density at radius 3 is 3.17 bits per heavy atom. The Kier molecular flexibility index (Phi) is 2.05. The summed E-state index contributed by atoms with van der Waals surface area (Å²) >= 11 is 3.37. The molecule has 0 fully saturated rings. The molecule has 0 aromatic heterocycles. The number of hydrogen-bond acceptors (Lipinski definition) is 1. The standard InChI is InChI=1S/C9H9BrFN/c10-7-2-1-6-3-8(11)5-12-9(6)4-7/h1-2,4,8,12H,3,5H2. The van der Waals surface area contributed by atoms with Crippen LogP contribution in [0.1, 0.15) is 5.56 Å². The number of fused-ring (bicyclic) bond motifs is 1. The highest BCUT2D eigenvalue weighted by atomic mass is 79.9. The summed E-state index contributed by atoms with van der Waals surface area (Å²) in [6.07, 6.45) is -0.200. The molecule has 1 atom stereocenters. The summed E-state index contributed by atoms with van der Waals surface area (Å²) in [4.78, 5) is 0. The lowest BCUT2D eigenvalue weighted by Gasteiger charge is -2.20. The van der Waals surface area contributed by atoms with E-state index < -0.39 is 6.17 Å². The fourth-order valence-electron chi connectivity index (χ4n) is 1.42. The quantitative estimate of drug-likeness (QED) is 0.722. The first kappa shape index (κ1) is 8.05. The molecule has 0 saturated carbocycles. The van der Waals surface area contributed by atoms with Crippen LogP contribution in [-0.4, -0.2) is 12.7 Å².